The van der Waals surface area contributed by atoms with Gasteiger partial charge >= 0.3 is 5.97 Å². The van der Waals surface area contributed by atoms with E-state index in [0.29, 0.717) is 32.9 Å². The first kappa shape index (κ1) is 19.1. The maximum atomic E-state index is 13.8. The predicted octanol–water partition coefficient (Wildman–Crippen LogP) is 3.72. The lowest BCUT2D eigenvalue weighted by atomic mass is 9.74. The molecule has 2 aliphatic heterocycles. The van der Waals surface area contributed by atoms with Crippen molar-refractivity contribution in [3.8, 4) is 23.5 Å². The van der Waals surface area contributed by atoms with Crippen molar-refractivity contribution in [1.29, 1.82) is 0 Å². The van der Waals surface area contributed by atoms with Crippen LogP contribution in [0.2, 0.25) is 0 Å². The highest BCUT2D eigenvalue weighted by Crippen LogP contribution is 2.57. The third-order valence-corrected chi connectivity index (χ3v) is 7.10. The first-order valence-corrected chi connectivity index (χ1v) is 10.4. The fraction of sp³-hybridized carbons (Fsp3) is 0.125. The van der Waals surface area contributed by atoms with Gasteiger partial charge in [0.2, 0.25) is 11.8 Å². The predicted molar refractivity (Wildman–Crippen MR) is 118 cm³/mol. The Morgan fingerprint density at radius 3 is 2.58 bits per heavy atom. The number of terminal acetylenes is 1. The number of carbonyl (C=O) groups is 3. The molecule has 1 aromatic heterocycles. The topological polar surface area (TPSA) is 86.7 Å². The Labute approximate surface area is 182 Å². The Kier molecular flexibility index (Phi) is 4.20. The van der Waals surface area contributed by atoms with Crippen LogP contribution in [0.1, 0.15) is 26.5 Å². The number of hydrogen-bond donors (Lipinski definition) is 2. The molecule has 2 amide bonds. The van der Waals surface area contributed by atoms with Gasteiger partial charge in [-0.3, -0.25) is 14.5 Å². The van der Waals surface area contributed by atoms with E-state index in [2.05, 4.69) is 11.2 Å². The number of nitrogens with zero attached hydrogens (tertiary/aromatic N) is 1. The quantitative estimate of drug-likeness (QED) is 0.623. The zero-order valence-electron chi connectivity index (χ0n) is 16.2. The van der Waals surface area contributed by atoms with Crippen LogP contribution < -0.4 is 10.2 Å². The summed E-state index contributed by atoms with van der Waals surface area (Å²) in [6.07, 6.45) is 5.41. The van der Waals surface area contributed by atoms with Crippen molar-refractivity contribution in [3.63, 3.8) is 0 Å². The van der Waals surface area contributed by atoms with Crippen LogP contribution in [0.15, 0.2) is 54.6 Å². The molecular formula is C24H16N2O4S. The van der Waals surface area contributed by atoms with E-state index in [1.54, 1.807) is 30.3 Å². The summed E-state index contributed by atoms with van der Waals surface area (Å²) in [5.74, 6) is 0.756. The average Bonchev–Trinajstić information content (AvgIpc) is 3.26. The fourth-order valence-corrected chi connectivity index (χ4v) is 5.86. The van der Waals surface area contributed by atoms with Crippen molar-refractivity contribution in [2.24, 2.45) is 0 Å². The van der Waals surface area contributed by atoms with Gasteiger partial charge in [0.15, 0.2) is 0 Å². The van der Waals surface area contributed by atoms with Crippen LogP contribution in [0.25, 0.3) is 11.1 Å². The molecule has 3 aromatic rings. The van der Waals surface area contributed by atoms with Crippen LogP contribution >= 0.6 is 11.3 Å². The minimum Gasteiger partial charge on any atom is -0.477 e. The van der Waals surface area contributed by atoms with Gasteiger partial charge < -0.3 is 10.4 Å². The van der Waals surface area contributed by atoms with Gasteiger partial charge in [0.25, 0.3) is 0 Å². The SMILES string of the molecule is C#CCN1C(=O)[C@]2(CC(=O)Nc3c2sc(C(=O)O)c3-c2ccccc2)c2ccccc21. The first-order valence-electron chi connectivity index (χ1n) is 9.60. The Morgan fingerprint density at radius 2 is 1.87 bits per heavy atom. The molecule has 0 bridgehead atoms. The molecule has 3 heterocycles. The summed E-state index contributed by atoms with van der Waals surface area (Å²) in [5, 5.41) is 12.8. The number of amides is 2. The third-order valence-electron chi connectivity index (χ3n) is 5.76. The van der Waals surface area contributed by atoms with Gasteiger partial charge in [-0.25, -0.2) is 4.79 Å². The number of carboxylic acids is 1. The smallest absolute Gasteiger partial charge is 0.346 e. The molecule has 0 aliphatic carbocycles. The maximum Gasteiger partial charge on any atom is 0.346 e. The van der Waals surface area contributed by atoms with Crippen LogP contribution in [0.5, 0.6) is 0 Å². The van der Waals surface area contributed by atoms with E-state index >= 15 is 0 Å². The van der Waals surface area contributed by atoms with E-state index in [0.717, 1.165) is 11.3 Å². The van der Waals surface area contributed by atoms with E-state index in [1.807, 2.05) is 24.3 Å². The summed E-state index contributed by atoms with van der Waals surface area (Å²) in [7, 11) is 0. The molecule has 0 saturated carbocycles. The number of carboxylic acid groups (broad SMARTS) is 1. The number of hydrogen-bond acceptors (Lipinski definition) is 4. The number of anilines is 2. The number of rotatable bonds is 3. The average molecular weight is 428 g/mol. The molecule has 1 atom stereocenters. The zero-order valence-corrected chi connectivity index (χ0v) is 17.0. The molecule has 2 aromatic carbocycles. The minimum atomic E-state index is -1.30. The number of fused-ring (bicyclic) bond motifs is 4. The number of thiophene rings is 1. The second kappa shape index (κ2) is 6.83. The normalized spacial score (nSPS) is 19.0. The maximum absolute atomic E-state index is 13.8. The number of para-hydroxylation sites is 1. The van der Waals surface area contributed by atoms with Crippen LogP contribution in [0.4, 0.5) is 11.4 Å². The molecule has 0 unspecified atom stereocenters. The molecule has 1 spiro atoms. The Bertz CT molecular complexity index is 1300. The van der Waals surface area contributed by atoms with Gasteiger partial charge in [-0.15, -0.1) is 17.8 Å². The number of nitrogens with one attached hydrogen (secondary N) is 1. The Morgan fingerprint density at radius 1 is 1.16 bits per heavy atom. The molecule has 7 heteroatoms. The van der Waals surface area contributed by atoms with E-state index < -0.39 is 11.4 Å². The largest absolute Gasteiger partial charge is 0.477 e. The summed E-state index contributed by atoms with van der Waals surface area (Å²) in [6, 6.07) is 16.2. The molecular weight excluding hydrogens is 412 g/mol. The molecule has 0 saturated heterocycles. The highest BCUT2D eigenvalue weighted by molar-refractivity contribution is 7.15. The van der Waals surface area contributed by atoms with Crippen molar-refractivity contribution < 1.29 is 19.5 Å². The Hall–Kier alpha value is -3.89. The first-order chi connectivity index (χ1) is 15.0. The van der Waals surface area contributed by atoms with Crippen LogP contribution in [-0.2, 0) is 15.0 Å². The molecule has 6 nitrogen and oxygen atoms in total. The molecule has 5 rings (SSSR count). The highest BCUT2D eigenvalue weighted by atomic mass is 32.1. The summed E-state index contributed by atoms with van der Waals surface area (Å²) < 4.78 is 0. The van der Waals surface area contributed by atoms with E-state index in [4.69, 9.17) is 6.42 Å². The summed E-state index contributed by atoms with van der Waals surface area (Å²) >= 11 is 1.04. The second-order valence-corrected chi connectivity index (χ2v) is 8.44. The summed E-state index contributed by atoms with van der Waals surface area (Å²) in [4.78, 5) is 41.0. The zero-order chi connectivity index (χ0) is 21.8. The van der Waals surface area contributed by atoms with Crippen molar-refractivity contribution in [2.45, 2.75) is 11.8 Å². The monoisotopic (exact) mass is 428 g/mol. The molecule has 152 valence electrons. The van der Waals surface area contributed by atoms with Crippen LogP contribution in [0.3, 0.4) is 0 Å². The third kappa shape index (κ3) is 2.55. The van der Waals surface area contributed by atoms with E-state index in [9.17, 15) is 19.5 Å². The number of aromatic carboxylic acids is 1. The van der Waals surface area contributed by atoms with Crippen LogP contribution in [-0.4, -0.2) is 29.4 Å². The van der Waals surface area contributed by atoms with Gasteiger partial charge in [-0.1, -0.05) is 54.5 Å². The number of carbonyl (C=O) groups excluding carboxylic acids is 2. The fourth-order valence-electron chi connectivity index (χ4n) is 4.55. The van der Waals surface area contributed by atoms with E-state index in [-0.39, 0.29) is 29.7 Å². The molecule has 0 fully saturated rings. The molecule has 2 aliphatic rings. The van der Waals surface area contributed by atoms with Crippen molar-refractivity contribution in [1.82, 2.24) is 0 Å². The lowest BCUT2D eigenvalue weighted by Gasteiger charge is -2.32. The van der Waals surface area contributed by atoms with Crippen molar-refractivity contribution in [2.75, 3.05) is 16.8 Å². The van der Waals surface area contributed by atoms with Gasteiger partial charge in [0.1, 0.15) is 10.3 Å². The Balaban J connectivity index is 1.85. The lowest BCUT2D eigenvalue weighted by molar-refractivity contribution is -0.126. The van der Waals surface area contributed by atoms with Gasteiger partial charge in [-0.2, -0.15) is 0 Å². The van der Waals surface area contributed by atoms with Crippen molar-refractivity contribution in [3.05, 3.63) is 69.9 Å². The van der Waals surface area contributed by atoms with Crippen LogP contribution in [0, 0.1) is 12.3 Å². The summed E-state index contributed by atoms with van der Waals surface area (Å²) in [6.45, 7) is 0.0667. The van der Waals surface area contributed by atoms with E-state index in [1.165, 1.54) is 4.90 Å². The van der Waals surface area contributed by atoms with Gasteiger partial charge in [-0.05, 0) is 17.2 Å². The number of benzene rings is 2. The second-order valence-electron chi connectivity index (χ2n) is 7.42. The molecule has 0 radical (unpaired) electrons. The highest BCUT2D eigenvalue weighted by Gasteiger charge is 2.57. The summed E-state index contributed by atoms with van der Waals surface area (Å²) in [5.41, 5.74) is 1.49. The van der Waals surface area contributed by atoms with Crippen molar-refractivity contribution >= 4 is 40.5 Å². The van der Waals surface area contributed by atoms with Gasteiger partial charge in [0.05, 0.1) is 23.5 Å². The standard InChI is InChI=1S/C24H16N2O4S/c1-2-12-26-16-11-7-6-10-15(16)24(23(26)30)13-17(27)25-19-18(14-8-4-3-5-9-14)20(22(28)29)31-21(19)24/h1,3-11H,12-13H2,(H,25,27)(H,28,29)/t24-/m1/s1. The lowest BCUT2D eigenvalue weighted by Crippen LogP contribution is -2.46. The molecule has 2 N–H and O–H groups in total. The minimum absolute atomic E-state index is 0.0667. The van der Waals surface area contributed by atoms with Gasteiger partial charge in [0, 0.05) is 11.3 Å². The molecule has 31 heavy (non-hydrogen) atoms.